The summed E-state index contributed by atoms with van der Waals surface area (Å²) in [4.78, 5) is 10.9. The Bertz CT molecular complexity index is 170. The van der Waals surface area contributed by atoms with Gasteiger partial charge in [-0.05, 0) is 24.3 Å². The number of ether oxygens (including phenoxy) is 1. The predicted octanol–water partition coefficient (Wildman–Crippen LogP) is 2.07. The van der Waals surface area contributed by atoms with E-state index in [4.69, 9.17) is 0 Å². The van der Waals surface area contributed by atoms with Gasteiger partial charge in [0.2, 0.25) is 0 Å². The van der Waals surface area contributed by atoms with Crippen molar-refractivity contribution in [2.75, 3.05) is 20.2 Å². The van der Waals surface area contributed by atoms with Crippen LogP contribution in [0.25, 0.3) is 0 Å². The molecular weight excluding hydrogens is 190 g/mol. The molecule has 0 saturated carbocycles. The first-order valence-electron chi connectivity index (χ1n) is 5.76. The van der Waals surface area contributed by atoms with Gasteiger partial charge in [0.1, 0.15) is 0 Å². The molecule has 0 fully saturated rings. The van der Waals surface area contributed by atoms with E-state index in [0.29, 0.717) is 30.7 Å². The number of nitrogens with one attached hydrogen (secondary N) is 1. The van der Waals surface area contributed by atoms with E-state index in [-0.39, 0.29) is 5.97 Å². The quantitative estimate of drug-likeness (QED) is 0.522. The van der Waals surface area contributed by atoms with Gasteiger partial charge in [-0.15, -0.1) is 0 Å². The van der Waals surface area contributed by atoms with E-state index in [2.05, 4.69) is 37.7 Å². The highest BCUT2D eigenvalue weighted by atomic mass is 16.5. The Morgan fingerprint density at radius 3 is 2.13 bits per heavy atom. The lowest BCUT2D eigenvalue weighted by Gasteiger charge is -2.25. The Hall–Kier alpha value is -0.570. The minimum atomic E-state index is -0.145. The average Bonchev–Trinajstić information content (AvgIpc) is 2.15. The molecule has 15 heavy (non-hydrogen) atoms. The van der Waals surface area contributed by atoms with E-state index in [1.165, 1.54) is 7.11 Å². The number of hydrogen-bond acceptors (Lipinski definition) is 3. The van der Waals surface area contributed by atoms with Gasteiger partial charge < -0.3 is 10.1 Å². The molecule has 0 amide bonds. The van der Waals surface area contributed by atoms with Gasteiger partial charge in [-0.1, -0.05) is 27.7 Å². The molecule has 0 unspecified atom stereocenters. The summed E-state index contributed by atoms with van der Waals surface area (Å²) in [6.45, 7) is 10.7. The minimum absolute atomic E-state index is 0.145. The fourth-order valence-corrected chi connectivity index (χ4v) is 1.80. The van der Waals surface area contributed by atoms with Gasteiger partial charge in [0, 0.05) is 6.54 Å². The van der Waals surface area contributed by atoms with Crippen molar-refractivity contribution in [1.82, 2.24) is 5.32 Å². The Balaban J connectivity index is 3.68. The molecule has 0 bridgehead atoms. The number of rotatable bonds is 7. The van der Waals surface area contributed by atoms with E-state index in [1.54, 1.807) is 0 Å². The molecule has 0 atom stereocenters. The lowest BCUT2D eigenvalue weighted by molar-refractivity contribution is -0.140. The number of carbonyl (C=O) groups is 1. The van der Waals surface area contributed by atoms with Crippen molar-refractivity contribution in [3.05, 3.63) is 0 Å². The maximum atomic E-state index is 10.9. The summed E-state index contributed by atoms with van der Waals surface area (Å²) >= 11 is 0. The van der Waals surface area contributed by atoms with E-state index in [9.17, 15) is 4.79 Å². The van der Waals surface area contributed by atoms with Crippen LogP contribution < -0.4 is 5.32 Å². The zero-order valence-corrected chi connectivity index (χ0v) is 10.7. The molecule has 0 aliphatic heterocycles. The van der Waals surface area contributed by atoms with Crippen molar-refractivity contribution in [2.45, 2.75) is 34.1 Å². The largest absolute Gasteiger partial charge is 0.469 e. The third-order valence-corrected chi connectivity index (χ3v) is 2.83. The lowest BCUT2D eigenvalue weighted by Crippen LogP contribution is -2.31. The van der Waals surface area contributed by atoms with E-state index in [0.717, 1.165) is 6.54 Å². The molecule has 3 heteroatoms. The van der Waals surface area contributed by atoms with Crippen LogP contribution in [0.5, 0.6) is 0 Å². The molecule has 0 aromatic carbocycles. The topological polar surface area (TPSA) is 38.3 Å². The highest BCUT2D eigenvalue weighted by Gasteiger charge is 2.16. The summed E-state index contributed by atoms with van der Waals surface area (Å²) in [5.74, 6) is 1.88. The van der Waals surface area contributed by atoms with Gasteiger partial charge in [-0.3, -0.25) is 4.79 Å². The minimum Gasteiger partial charge on any atom is -0.469 e. The van der Waals surface area contributed by atoms with Crippen molar-refractivity contribution in [3.8, 4) is 0 Å². The summed E-state index contributed by atoms with van der Waals surface area (Å²) < 4.78 is 4.57. The van der Waals surface area contributed by atoms with Crippen molar-refractivity contribution >= 4 is 5.97 Å². The van der Waals surface area contributed by atoms with E-state index >= 15 is 0 Å². The van der Waals surface area contributed by atoms with Crippen molar-refractivity contribution in [3.63, 3.8) is 0 Å². The van der Waals surface area contributed by atoms with Gasteiger partial charge in [0.25, 0.3) is 0 Å². The maximum Gasteiger partial charge on any atom is 0.306 e. The normalized spacial score (nSPS) is 11.5. The molecule has 0 aliphatic rings. The molecule has 0 saturated heterocycles. The van der Waals surface area contributed by atoms with Crippen LogP contribution in [0.4, 0.5) is 0 Å². The molecule has 0 aromatic rings. The molecule has 3 nitrogen and oxygen atoms in total. The second-order valence-corrected chi connectivity index (χ2v) is 4.68. The molecule has 90 valence electrons. The van der Waals surface area contributed by atoms with Crippen molar-refractivity contribution in [2.24, 2.45) is 17.8 Å². The fraction of sp³-hybridized carbons (Fsp3) is 0.917. The third kappa shape index (κ3) is 6.50. The third-order valence-electron chi connectivity index (χ3n) is 2.83. The van der Waals surface area contributed by atoms with Crippen molar-refractivity contribution in [1.29, 1.82) is 0 Å². The first-order valence-corrected chi connectivity index (χ1v) is 5.76. The Labute approximate surface area is 93.6 Å². The van der Waals surface area contributed by atoms with Gasteiger partial charge >= 0.3 is 5.97 Å². The van der Waals surface area contributed by atoms with Crippen LogP contribution in [0.15, 0.2) is 0 Å². The maximum absolute atomic E-state index is 10.9. The zero-order valence-electron chi connectivity index (χ0n) is 10.7. The number of methoxy groups -OCH3 is 1. The van der Waals surface area contributed by atoms with Crippen LogP contribution in [0.1, 0.15) is 34.1 Å². The smallest absolute Gasteiger partial charge is 0.306 e. The molecule has 1 N–H and O–H groups in total. The fourth-order valence-electron chi connectivity index (χ4n) is 1.80. The van der Waals surface area contributed by atoms with E-state index < -0.39 is 0 Å². The second kappa shape index (κ2) is 7.69. The van der Waals surface area contributed by atoms with Gasteiger partial charge in [-0.2, -0.15) is 0 Å². The first kappa shape index (κ1) is 14.4. The van der Waals surface area contributed by atoms with Gasteiger partial charge in [0.15, 0.2) is 0 Å². The molecule has 0 spiro atoms. The van der Waals surface area contributed by atoms with E-state index in [1.807, 2.05) is 0 Å². The summed E-state index contributed by atoms with van der Waals surface area (Å²) in [5.41, 5.74) is 0. The molecular formula is C12H25NO2. The van der Waals surface area contributed by atoms with Crippen LogP contribution in [0.3, 0.4) is 0 Å². The second-order valence-electron chi connectivity index (χ2n) is 4.68. The number of hydrogen-bond donors (Lipinski definition) is 1. The van der Waals surface area contributed by atoms with Crippen molar-refractivity contribution < 1.29 is 9.53 Å². The number of esters is 1. The standard InChI is InChI=1S/C12H25NO2/c1-9(2)11(10(3)4)8-13-7-6-12(14)15-5/h9-11,13H,6-8H2,1-5H3. The molecule has 0 radical (unpaired) electrons. The Morgan fingerprint density at radius 2 is 1.73 bits per heavy atom. The first-order chi connectivity index (χ1) is 6.99. The summed E-state index contributed by atoms with van der Waals surface area (Å²) in [6, 6.07) is 0. The van der Waals surface area contributed by atoms with Gasteiger partial charge in [0.05, 0.1) is 13.5 Å². The average molecular weight is 215 g/mol. The number of carbonyl (C=O) groups excluding carboxylic acids is 1. The highest BCUT2D eigenvalue weighted by molar-refractivity contribution is 5.69. The molecule has 0 aromatic heterocycles. The Morgan fingerprint density at radius 1 is 1.20 bits per heavy atom. The monoisotopic (exact) mass is 215 g/mol. The zero-order chi connectivity index (χ0) is 11.8. The Kier molecular flexibility index (Phi) is 7.39. The van der Waals surface area contributed by atoms with Crippen LogP contribution >= 0.6 is 0 Å². The van der Waals surface area contributed by atoms with Gasteiger partial charge in [-0.25, -0.2) is 0 Å². The van der Waals surface area contributed by atoms with Crippen LogP contribution in [-0.4, -0.2) is 26.2 Å². The van der Waals surface area contributed by atoms with Crippen LogP contribution in [0.2, 0.25) is 0 Å². The summed E-state index contributed by atoms with van der Waals surface area (Å²) in [6.07, 6.45) is 0.458. The summed E-state index contributed by atoms with van der Waals surface area (Å²) in [7, 11) is 1.42. The SMILES string of the molecule is COC(=O)CCNCC(C(C)C)C(C)C. The van der Waals surface area contributed by atoms with Crippen LogP contribution in [-0.2, 0) is 9.53 Å². The lowest BCUT2D eigenvalue weighted by atomic mass is 9.85. The predicted molar refractivity (Wildman–Crippen MR) is 62.7 cm³/mol. The summed E-state index contributed by atoms with van der Waals surface area (Å²) in [5, 5.41) is 3.31. The molecule has 0 aliphatic carbocycles. The highest BCUT2D eigenvalue weighted by Crippen LogP contribution is 2.19. The van der Waals surface area contributed by atoms with Crippen LogP contribution in [0, 0.1) is 17.8 Å². The molecule has 0 rings (SSSR count). The molecule has 0 heterocycles.